The Hall–Kier alpha value is -1.87. The number of epoxide rings is 1. The molecule has 0 spiro atoms. The molecule has 1 saturated heterocycles. The number of hydrogen-bond donors (Lipinski definition) is 2. The van der Waals surface area contributed by atoms with Gasteiger partial charge in [-0.3, -0.25) is 9.59 Å². The fourth-order valence-electron chi connectivity index (χ4n) is 4.47. The molecule has 2 aliphatic rings. The van der Waals surface area contributed by atoms with Gasteiger partial charge < -0.3 is 19.7 Å². The van der Waals surface area contributed by atoms with Crippen molar-refractivity contribution in [3.05, 3.63) is 33.8 Å². The number of aliphatic hydroxyl groups is 2. The van der Waals surface area contributed by atoms with Crippen molar-refractivity contribution in [3.8, 4) is 0 Å². The highest BCUT2D eigenvalue weighted by Crippen LogP contribution is 2.44. The molecule has 0 aliphatic carbocycles. The zero-order valence-corrected chi connectivity index (χ0v) is 21.7. The first kappa shape index (κ1) is 26.7. The van der Waals surface area contributed by atoms with Crippen LogP contribution < -0.4 is 0 Å². The summed E-state index contributed by atoms with van der Waals surface area (Å²) in [6, 6.07) is 0. The number of Topliss-reactive ketones (excluding diaryl/α,β-unsaturated/α-hetero) is 1. The smallest absolute Gasteiger partial charge is 0.309 e. The van der Waals surface area contributed by atoms with Gasteiger partial charge in [0, 0.05) is 17.7 Å². The number of carbonyl (C=O) groups is 2. The molecule has 3 rings (SSSR count). The number of allylic oxidation sites excluding steroid dienone is 1. The summed E-state index contributed by atoms with van der Waals surface area (Å²) < 4.78 is 11.7. The van der Waals surface area contributed by atoms with Gasteiger partial charge >= 0.3 is 5.97 Å². The molecule has 188 valence electrons. The van der Waals surface area contributed by atoms with Crippen molar-refractivity contribution < 1.29 is 29.3 Å². The molecule has 3 heterocycles. The highest BCUT2D eigenvalue weighted by atomic mass is 32.1. The minimum Gasteiger partial charge on any atom is -0.458 e. The standard InChI is InChI=1S/C26H37NO6S/c1-15-8-7-11-26(6)21(33-26)12-19(10-9-18-14-34-17(3)27-18)32-22(29)13-20(28)25(4,5)24(31)16(2)23(15)30/h8-10,14,16,19-21,23,28,30H,7,11-13H2,1-6H3/b10-9?,15-8+/t16-,19-,20+,21+,23+,26+/m1/s1. The lowest BCUT2D eigenvalue weighted by Gasteiger charge is -2.33. The number of aryl methyl sites for hydroxylation is 1. The second-order valence-electron chi connectivity index (χ2n) is 10.4. The fraction of sp³-hybridized carbons (Fsp3) is 0.654. The first-order valence-electron chi connectivity index (χ1n) is 11.9. The van der Waals surface area contributed by atoms with Crippen LogP contribution in [0.5, 0.6) is 0 Å². The van der Waals surface area contributed by atoms with Crippen molar-refractivity contribution in [1.29, 1.82) is 0 Å². The molecule has 0 saturated carbocycles. The SMILES string of the molecule is C/C1=C\CC[C@]2(C)O[C@H]2C[C@@H](C=Cc2csc(C)n2)OC(=O)C[C@H](O)C(C)(C)C(=O)[C@H](C)[C@H]1O. The first-order valence-corrected chi connectivity index (χ1v) is 12.8. The second kappa shape index (κ2) is 10.4. The second-order valence-corrected chi connectivity index (χ2v) is 11.4. The lowest BCUT2D eigenvalue weighted by Crippen LogP contribution is -2.44. The van der Waals surface area contributed by atoms with Crippen LogP contribution in [0.15, 0.2) is 23.1 Å². The number of fused-ring (bicyclic) bond motifs is 1. The highest BCUT2D eigenvalue weighted by molar-refractivity contribution is 7.09. The van der Waals surface area contributed by atoms with Crippen LogP contribution in [0, 0.1) is 18.3 Å². The van der Waals surface area contributed by atoms with Gasteiger partial charge in [0.2, 0.25) is 0 Å². The number of ether oxygens (including phenoxy) is 2. The zero-order chi connectivity index (χ0) is 25.3. The van der Waals surface area contributed by atoms with Gasteiger partial charge in [-0.15, -0.1) is 11.3 Å². The van der Waals surface area contributed by atoms with E-state index < -0.39 is 35.6 Å². The molecule has 2 N–H and O–H groups in total. The number of esters is 1. The monoisotopic (exact) mass is 491 g/mol. The van der Waals surface area contributed by atoms with Gasteiger partial charge in [0.05, 0.1) is 46.5 Å². The van der Waals surface area contributed by atoms with Gasteiger partial charge in [0.15, 0.2) is 0 Å². The molecule has 7 nitrogen and oxygen atoms in total. The molecule has 0 unspecified atom stereocenters. The minimum atomic E-state index is -1.24. The Morgan fingerprint density at radius 1 is 1.21 bits per heavy atom. The van der Waals surface area contributed by atoms with E-state index in [9.17, 15) is 19.8 Å². The maximum absolute atomic E-state index is 13.1. The van der Waals surface area contributed by atoms with Gasteiger partial charge in [0.25, 0.3) is 0 Å². The Morgan fingerprint density at radius 2 is 1.91 bits per heavy atom. The normalized spacial score (nSPS) is 37.1. The van der Waals surface area contributed by atoms with E-state index in [2.05, 4.69) is 4.98 Å². The average molecular weight is 492 g/mol. The number of thiazole rings is 1. The number of rotatable bonds is 2. The molecule has 1 aromatic heterocycles. The maximum atomic E-state index is 13.1. The van der Waals surface area contributed by atoms with Crippen LogP contribution in [0.4, 0.5) is 0 Å². The van der Waals surface area contributed by atoms with E-state index in [0.717, 1.165) is 22.7 Å². The van der Waals surface area contributed by atoms with Crippen molar-refractivity contribution in [3.63, 3.8) is 0 Å². The number of carbonyl (C=O) groups excluding carboxylic acids is 2. The molecule has 0 radical (unpaired) electrons. The molecular weight excluding hydrogens is 454 g/mol. The van der Waals surface area contributed by atoms with Crippen LogP contribution >= 0.6 is 11.3 Å². The van der Waals surface area contributed by atoms with Crippen molar-refractivity contribution in [2.45, 2.75) is 97.2 Å². The number of ketones is 1. The average Bonchev–Trinajstić information content (AvgIpc) is 3.19. The first-order chi connectivity index (χ1) is 15.8. The van der Waals surface area contributed by atoms with Crippen molar-refractivity contribution in [2.24, 2.45) is 11.3 Å². The lowest BCUT2D eigenvalue weighted by molar-refractivity contribution is -0.153. The molecule has 1 aromatic rings. The third-order valence-electron chi connectivity index (χ3n) is 7.17. The van der Waals surface area contributed by atoms with Crippen LogP contribution in [0.1, 0.15) is 71.0 Å². The molecule has 6 atom stereocenters. The molecule has 2 aliphatic heterocycles. The van der Waals surface area contributed by atoms with E-state index in [4.69, 9.17) is 9.47 Å². The maximum Gasteiger partial charge on any atom is 0.309 e. The van der Waals surface area contributed by atoms with Crippen LogP contribution in [-0.2, 0) is 19.1 Å². The molecule has 0 aromatic carbocycles. The highest BCUT2D eigenvalue weighted by Gasteiger charge is 2.52. The van der Waals surface area contributed by atoms with E-state index in [1.807, 2.05) is 44.4 Å². The van der Waals surface area contributed by atoms with Gasteiger partial charge in [0.1, 0.15) is 11.9 Å². The van der Waals surface area contributed by atoms with E-state index in [1.54, 1.807) is 32.1 Å². The Kier molecular flexibility index (Phi) is 8.18. The summed E-state index contributed by atoms with van der Waals surface area (Å²) in [6.07, 6.45) is 4.40. The van der Waals surface area contributed by atoms with Gasteiger partial charge in [-0.1, -0.05) is 26.8 Å². The number of nitrogens with zero attached hydrogens (tertiary/aromatic N) is 1. The fourth-order valence-corrected chi connectivity index (χ4v) is 5.05. The molecule has 0 amide bonds. The summed E-state index contributed by atoms with van der Waals surface area (Å²) in [5.74, 6) is -1.60. The summed E-state index contributed by atoms with van der Waals surface area (Å²) in [5, 5.41) is 24.4. The molecule has 34 heavy (non-hydrogen) atoms. The minimum absolute atomic E-state index is 0.0690. The summed E-state index contributed by atoms with van der Waals surface area (Å²) >= 11 is 1.54. The van der Waals surface area contributed by atoms with E-state index in [1.165, 1.54) is 0 Å². The van der Waals surface area contributed by atoms with Crippen molar-refractivity contribution >= 4 is 29.2 Å². The summed E-state index contributed by atoms with van der Waals surface area (Å²) in [7, 11) is 0. The van der Waals surface area contributed by atoms with Crippen LogP contribution in [0.3, 0.4) is 0 Å². The summed E-state index contributed by atoms with van der Waals surface area (Å²) in [5.41, 5.74) is -0.0431. The molecule has 8 heteroatoms. The number of hydrogen-bond acceptors (Lipinski definition) is 8. The van der Waals surface area contributed by atoms with Crippen LogP contribution in [-0.4, -0.2) is 57.0 Å². The Labute approximate surface area is 205 Å². The predicted molar refractivity (Wildman–Crippen MR) is 131 cm³/mol. The molecule has 1 fully saturated rings. The van der Waals surface area contributed by atoms with Crippen molar-refractivity contribution in [1.82, 2.24) is 4.98 Å². The van der Waals surface area contributed by atoms with Gasteiger partial charge in [-0.05, 0) is 51.3 Å². The quantitative estimate of drug-likeness (QED) is 0.365. The van der Waals surface area contributed by atoms with Crippen LogP contribution in [0.25, 0.3) is 6.08 Å². The lowest BCUT2D eigenvalue weighted by atomic mass is 9.74. The summed E-state index contributed by atoms with van der Waals surface area (Å²) in [4.78, 5) is 30.3. The van der Waals surface area contributed by atoms with Crippen LogP contribution in [0.2, 0.25) is 0 Å². The molecular formula is C26H37NO6S. The Bertz CT molecular complexity index is 966. The van der Waals surface area contributed by atoms with E-state index >= 15 is 0 Å². The topological polar surface area (TPSA) is 109 Å². The largest absolute Gasteiger partial charge is 0.458 e. The van der Waals surface area contributed by atoms with Gasteiger partial charge in [-0.25, -0.2) is 4.98 Å². The third kappa shape index (κ3) is 6.22. The van der Waals surface area contributed by atoms with E-state index in [-0.39, 0.29) is 23.9 Å². The summed E-state index contributed by atoms with van der Waals surface area (Å²) in [6.45, 7) is 10.6. The number of cyclic esters (lactones) is 1. The Morgan fingerprint density at radius 3 is 2.56 bits per heavy atom. The zero-order valence-electron chi connectivity index (χ0n) is 20.9. The third-order valence-corrected chi connectivity index (χ3v) is 7.96. The molecule has 0 bridgehead atoms. The predicted octanol–water partition coefficient (Wildman–Crippen LogP) is 4.01. The van der Waals surface area contributed by atoms with Gasteiger partial charge in [-0.2, -0.15) is 0 Å². The van der Waals surface area contributed by atoms with E-state index in [0.29, 0.717) is 12.8 Å². The Balaban J connectivity index is 1.84. The van der Waals surface area contributed by atoms with Crippen molar-refractivity contribution in [2.75, 3.05) is 0 Å². The number of aromatic nitrogens is 1. The number of aliphatic hydroxyl groups excluding tert-OH is 2.